The van der Waals surface area contributed by atoms with Gasteiger partial charge in [0.1, 0.15) is 0 Å². The number of allylic oxidation sites excluding steroid dienone is 1. The molecule has 0 saturated heterocycles. The summed E-state index contributed by atoms with van der Waals surface area (Å²) < 4.78 is 0. The maximum absolute atomic E-state index is 11.9. The molecule has 0 atom stereocenters. The van der Waals surface area contributed by atoms with E-state index in [1.54, 1.807) is 12.1 Å². The first-order chi connectivity index (χ1) is 9.00. The van der Waals surface area contributed by atoms with Gasteiger partial charge in [-0.2, -0.15) is 0 Å². The first kappa shape index (κ1) is 13.3. The zero-order chi connectivity index (χ0) is 14.0. The van der Waals surface area contributed by atoms with E-state index < -0.39 is 17.8 Å². The van der Waals surface area contributed by atoms with Crippen molar-refractivity contribution in [3.63, 3.8) is 0 Å². The average Bonchev–Trinajstić information content (AvgIpc) is 2.62. The Labute approximate surface area is 114 Å². The van der Waals surface area contributed by atoms with Crippen LogP contribution in [-0.2, 0) is 9.63 Å². The molecular weight excluding hydrogens is 270 g/mol. The predicted molar refractivity (Wildman–Crippen MR) is 67.3 cm³/mol. The molecule has 1 aromatic rings. The number of hydroxylamine groups is 2. The summed E-state index contributed by atoms with van der Waals surface area (Å²) in [4.78, 5) is 40.0. The second-order valence-corrected chi connectivity index (χ2v) is 4.47. The van der Waals surface area contributed by atoms with Crippen LogP contribution in [0.2, 0.25) is 0 Å². The van der Waals surface area contributed by atoms with Gasteiger partial charge in [0.05, 0.1) is 17.5 Å². The Morgan fingerprint density at radius 1 is 1.16 bits per heavy atom. The van der Waals surface area contributed by atoms with E-state index in [0.717, 1.165) is 0 Å². The average molecular weight is 280 g/mol. The molecule has 0 spiro atoms. The van der Waals surface area contributed by atoms with Gasteiger partial charge in [-0.25, -0.2) is 4.79 Å². The van der Waals surface area contributed by atoms with Crippen molar-refractivity contribution < 1.29 is 19.2 Å². The zero-order valence-corrected chi connectivity index (χ0v) is 10.6. The summed E-state index contributed by atoms with van der Waals surface area (Å²) in [7, 11) is 0. The molecule has 2 rings (SSSR count). The van der Waals surface area contributed by atoms with E-state index in [0.29, 0.717) is 10.1 Å². The number of benzene rings is 1. The highest BCUT2D eigenvalue weighted by Gasteiger charge is 2.38. The third-order valence-corrected chi connectivity index (χ3v) is 2.74. The third-order valence-electron chi connectivity index (χ3n) is 2.55. The minimum atomic E-state index is -0.712. The molecule has 0 bridgehead atoms. The van der Waals surface area contributed by atoms with Gasteiger partial charge in [-0.3, -0.25) is 9.59 Å². The molecular formula is C13H10ClNO4. The van der Waals surface area contributed by atoms with Crippen LogP contribution in [0.25, 0.3) is 0 Å². The van der Waals surface area contributed by atoms with E-state index in [-0.39, 0.29) is 24.0 Å². The van der Waals surface area contributed by atoms with Gasteiger partial charge in [-0.05, 0) is 18.6 Å². The standard InChI is InChI=1S/C13H10ClNO4/c1-8(14)6-7-11(16)19-15-12(17)9-4-2-3-5-10(9)13(15)18/h2-5H,1,6-7H2. The van der Waals surface area contributed by atoms with E-state index in [1.807, 2.05) is 0 Å². The van der Waals surface area contributed by atoms with Crippen molar-refractivity contribution in [1.82, 2.24) is 5.06 Å². The van der Waals surface area contributed by atoms with Gasteiger partial charge in [0, 0.05) is 5.03 Å². The van der Waals surface area contributed by atoms with Crippen molar-refractivity contribution >= 4 is 29.4 Å². The Morgan fingerprint density at radius 3 is 2.16 bits per heavy atom. The molecule has 0 saturated carbocycles. The van der Waals surface area contributed by atoms with E-state index in [9.17, 15) is 14.4 Å². The second kappa shape index (κ2) is 5.24. The number of hydrogen-bond acceptors (Lipinski definition) is 4. The number of nitrogens with zero attached hydrogens (tertiary/aromatic N) is 1. The molecule has 5 nitrogen and oxygen atoms in total. The van der Waals surface area contributed by atoms with Gasteiger partial charge >= 0.3 is 5.97 Å². The van der Waals surface area contributed by atoms with Crippen molar-refractivity contribution in [3.05, 3.63) is 47.0 Å². The Morgan fingerprint density at radius 2 is 1.68 bits per heavy atom. The Hall–Kier alpha value is -2.14. The molecule has 1 aliphatic heterocycles. The number of carbonyl (C=O) groups is 3. The quantitative estimate of drug-likeness (QED) is 0.793. The smallest absolute Gasteiger partial charge is 0.330 e. The van der Waals surface area contributed by atoms with E-state index in [4.69, 9.17) is 16.4 Å². The lowest BCUT2D eigenvalue weighted by Crippen LogP contribution is -2.32. The predicted octanol–water partition coefficient (Wildman–Crippen LogP) is 2.27. The topological polar surface area (TPSA) is 63.7 Å². The highest BCUT2D eigenvalue weighted by Crippen LogP contribution is 2.23. The van der Waals surface area contributed by atoms with Crippen molar-refractivity contribution in [2.24, 2.45) is 0 Å². The van der Waals surface area contributed by atoms with Gasteiger partial charge in [0.25, 0.3) is 11.8 Å². The first-order valence-electron chi connectivity index (χ1n) is 5.52. The molecule has 1 aromatic carbocycles. The molecule has 1 aliphatic rings. The molecule has 0 radical (unpaired) electrons. The summed E-state index contributed by atoms with van der Waals surface area (Å²) in [5.41, 5.74) is 0.448. The lowest BCUT2D eigenvalue weighted by atomic mass is 10.1. The van der Waals surface area contributed by atoms with Gasteiger partial charge in [-0.1, -0.05) is 35.4 Å². The van der Waals surface area contributed by atoms with E-state index in [1.165, 1.54) is 12.1 Å². The van der Waals surface area contributed by atoms with Crippen LogP contribution in [0.1, 0.15) is 33.6 Å². The van der Waals surface area contributed by atoms with Gasteiger partial charge in [0.2, 0.25) is 0 Å². The normalized spacial score (nSPS) is 13.4. The summed E-state index contributed by atoms with van der Waals surface area (Å²) in [5, 5.41) is 0.781. The molecule has 98 valence electrons. The molecule has 0 aliphatic carbocycles. The molecule has 2 amide bonds. The largest absolute Gasteiger partial charge is 0.333 e. The summed E-state index contributed by atoms with van der Waals surface area (Å²) in [6.07, 6.45) is 0.180. The van der Waals surface area contributed by atoms with Crippen LogP contribution < -0.4 is 0 Å². The molecule has 1 heterocycles. The number of imide groups is 1. The van der Waals surface area contributed by atoms with Crippen LogP contribution >= 0.6 is 11.6 Å². The monoisotopic (exact) mass is 279 g/mol. The molecule has 0 N–H and O–H groups in total. The highest BCUT2D eigenvalue weighted by atomic mass is 35.5. The summed E-state index contributed by atoms with van der Waals surface area (Å²) in [6.45, 7) is 3.43. The maximum Gasteiger partial charge on any atom is 0.333 e. The SMILES string of the molecule is C=C(Cl)CCC(=O)ON1C(=O)c2ccccc2C1=O. The summed E-state index contributed by atoms with van der Waals surface area (Å²) >= 11 is 5.52. The minimum Gasteiger partial charge on any atom is -0.330 e. The molecule has 0 aromatic heterocycles. The fraction of sp³-hybridized carbons (Fsp3) is 0.154. The molecule has 0 unspecified atom stereocenters. The fourth-order valence-electron chi connectivity index (χ4n) is 1.64. The number of rotatable bonds is 4. The zero-order valence-electron chi connectivity index (χ0n) is 9.89. The van der Waals surface area contributed by atoms with Gasteiger partial charge in [0.15, 0.2) is 0 Å². The van der Waals surface area contributed by atoms with Crippen LogP contribution in [0.5, 0.6) is 0 Å². The van der Waals surface area contributed by atoms with Crippen LogP contribution in [0, 0.1) is 0 Å². The summed E-state index contributed by atoms with van der Waals surface area (Å²) in [6, 6.07) is 6.27. The first-order valence-corrected chi connectivity index (χ1v) is 5.90. The van der Waals surface area contributed by atoms with Gasteiger partial charge in [-0.15, -0.1) is 0 Å². The van der Waals surface area contributed by atoms with Crippen LogP contribution in [0.15, 0.2) is 35.9 Å². The second-order valence-electron chi connectivity index (χ2n) is 3.93. The van der Waals surface area contributed by atoms with Gasteiger partial charge < -0.3 is 4.84 Å². The number of amides is 2. The van der Waals surface area contributed by atoms with Crippen molar-refractivity contribution in [2.75, 3.05) is 0 Å². The lowest BCUT2D eigenvalue weighted by Gasteiger charge is -2.12. The van der Waals surface area contributed by atoms with Crippen molar-refractivity contribution in [2.45, 2.75) is 12.8 Å². The Balaban J connectivity index is 2.08. The number of hydrogen-bond donors (Lipinski definition) is 0. The Kier molecular flexibility index (Phi) is 3.66. The number of halogens is 1. The van der Waals surface area contributed by atoms with E-state index >= 15 is 0 Å². The number of carbonyl (C=O) groups excluding carboxylic acids is 3. The molecule has 19 heavy (non-hydrogen) atoms. The third kappa shape index (κ3) is 2.66. The van der Waals surface area contributed by atoms with Crippen molar-refractivity contribution in [1.29, 1.82) is 0 Å². The summed E-state index contributed by atoms with van der Waals surface area (Å²) in [5.74, 6) is -1.99. The van der Waals surface area contributed by atoms with Crippen molar-refractivity contribution in [3.8, 4) is 0 Å². The number of fused-ring (bicyclic) bond motifs is 1. The highest BCUT2D eigenvalue weighted by molar-refractivity contribution is 6.29. The Bertz CT molecular complexity index is 547. The maximum atomic E-state index is 11.9. The lowest BCUT2D eigenvalue weighted by molar-refractivity contribution is -0.168. The minimum absolute atomic E-state index is 0.0459. The van der Waals surface area contributed by atoms with Crippen LogP contribution in [-0.4, -0.2) is 22.8 Å². The van der Waals surface area contributed by atoms with E-state index in [2.05, 4.69) is 6.58 Å². The van der Waals surface area contributed by atoms with Crippen LogP contribution in [0.3, 0.4) is 0 Å². The molecule has 0 fully saturated rings. The van der Waals surface area contributed by atoms with Crippen LogP contribution in [0.4, 0.5) is 0 Å². The molecule has 6 heteroatoms. The fourth-order valence-corrected chi connectivity index (χ4v) is 1.73.